The molecule has 0 fully saturated rings. The molecule has 2 aromatic heterocycles. The van der Waals surface area contributed by atoms with Gasteiger partial charge in [-0.15, -0.1) is 11.3 Å². The Morgan fingerprint density at radius 2 is 2.00 bits per heavy atom. The average molecular weight is 535 g/mol. The van der Waals surface area contributed by atoms with Crippen LogP contribution < -0.4 is 15.8 Å². The van der Waals surface area contributed by atoms with Crippen molar-refractivity contribution < 1.29 is 9.15 Å². The quantitative estimate of drug-likeness (QED) is 0.196. The second-order valence-corrected chi connectivity index (χ2v) is 8.56. The summed E-state index contributed by atoms with van der Waals surface area (Å²) >= 11 is 8.21. The second kappa shape index (κ2) is 8.48. The van der Waals surface area contributed by atoms with Gasteiger partial charge in [0.05, 0.1) is 29.1 Å². The number of anilines is 1. The average Bonchev–Trinajstić information content (AvgIpc) is 3.17. The number of rotatable bonds is 5. The number of nitrogens with one attached hydrogen (secondary N) is 1. The first-order valence-corrected chi connectivity index (χ1v) is 10.8. The van der Waals surface area contributed by atoms with Gasteiger partial charge in [-0.2, -0.15) is 5.10 Å². The summed E-state index contributed by atoms with van der Waals surface area (Å²) in [5.74, 6) is 0.785. The molecule has 0 unspecified atom stereocenters. The van der Waals surface area contributed by atoms with Crippen molar-refractivity contribution in [1.29, 1.82) is 0 Å². The number of aromatic nitrogens is 1. The Morgan fingerprint density at radius 3 is 2.76 bits per heavy atom. The minimum atomic E-state index is -0.445. The first kappa shape index (κ1) is 19.8. The topological polar surface area (TPSA) is 76.7 Å². The van der Waals surface area contributed by atoms with Crippen LogP contribution in [0.2, 0.25) is 0 Å². The van der Waals surface area contributed by atoms with Crippen LogP contribution in [0.15, 0.2) is 71.1 Å². The van der Waals surface area contributed by atoms with Crippen LogP contribution in [-0.2, 0) is 0 Å². The molecule has 0 amide bonds. The lowest BCUT2D eigenvalue weighted by atomic mass is 10.1. The lowest BCUT2D eigenvalue weighted by Crippen LogP contribution is -2.03. The number of nitrogens with zero attached hydrogens (tertiary/aromatic N) is 2. The highest BCUT2D eigenvalue weighted by molar-refractivity contribution is 9.11. The van der Waals surface area contributed by atoms with E-state index in [1.807, 2.05) is 36.4 Å². The third-order valence-electron chi connectivity index (χ3n) is 4.02. The highest BCUT2D eigenvalue weighted by Crippen LogP contribution is 2.31. The summed E-state index contributed by atoms with van der Waals surface area (Å²) < 4.78 is 12.2. The third-order valence-corrected chi connectivity index (χ3v) is 5.82. The third kappa shape index (κ3) is 4.42. The van der Waals surface area contributed by atoms with E-state index in [0.29, 0.717) is 26.4 Å². The Morgan fingerprint density at radius 1 is 1.21 bits per heavy atom. The number of ether oxygens (including phenoxy) is 1. The van der Waals surface area contributed by atoms with Gasteiger partial charge >= 0.3 is 5.63 Å². The molecule has 9 heteroatoms. The fourth-order valence-corrected chi connectivity index (χ4v) is 4.64. The Labute approximate surface area is 186 Å². The molecule has 0 aliphatic heterocycles. The Hall–Kier alpha value is -2.49. The second-order valence-electron chi connectivity index (χ2n) is 5.93. The summed E-state index contributed by atoms with van der Waals surface area (Å²) in [4.78, 5) is 16.9. The number of benzene rings is 2. The van der Waals surface area contributed by atoms with Crippen molar-refractivity contribution in [2.75, 3.05) is 12.5 Å². The molecule has 29 heavy (non-hydrogen) atoms. The lowest BCUT2D eigenvalue weighted by molar-refractivity contribution is 0.415. The summed E-state index contributed by atoms with van der Waals surface area (Å²) in [6.45, 7) is 0. The molecule has 0 saturated carbocycles. The maximum absolute atomic E-state index is 12.4. The normalized spacial score (nSPS) is 11.3. The molecule has 6 nitrogen and oxygen atoms in total. The molecular formula is C20H13Br2N3O3S. The van der Waals surface area contributed by atoms with E-state index in [0.717, 1.165) is 21.2 Å². The molecule has 2 heterocycles. The van der Waals surface area contributed by atoms with Crippen molar-refractivity contribution in [3.05, 3.63) is 72.8 Å². The predicted molar refractivity (Wildman–Crippen MR) is 123 cm³/mol. The van der Waals surface area contributed by atoms with Crippen molar-refractivity contribution in [2.45, 2.75) is 0 Å². The van der Waals surface area contributed by atoms with Crippen LogP contribution in [0.4, 0.5) is 5.13 Å². The summed E-state index contributed by atoms with van der Waals surface area (Å²) in [5, 5.41) is 7.34. The van der Waals surface area contributed by atoms with Gasteiger partial charge in [0.2, 0.25) is 5.13 Å². The van der Waals surface area contributed by atoms with E-state index in [-0.39, 0.29) is 0 Å². The smallest absolute Gasteiger partial charge is 0.345 e. The molecule has 0 saturated heterocycles. The number of halogens is 2. The number of hydrazone groups is 1. The fourth-order valence-electron chi connectivity index (χ4n) is 2.64. The molecule has 0 aliphatic carbocycles. The summed E-state index contributed by atoms with van der Waals surface area (Å²) in [7, 11) is 1.62. The summed E-state index contributed by atoms with van der Waals surface area (Å²) in [6, 6.07) is 13.0. The SMILES string of the molecule is COc1ccc(/C=N\Nc2nc(-c3cc4cc(Br)cc(Br)c4oc3=O)cs2)cc1. The number of fused-ring (bicyclic) bond motifs is 1. The van der Waals surface area contributed by atoms with E-state index in [1.54, 1.807) is 24.8 Å². The maximum Gasteiger partial charge on any atom is 0.345 e. The monoisotopic (exact) mass is 533 g/mol. The van der Waals surface area contributed by atoms with Crippen molar-refractivity contribution in [1.82, 2.24) is 4.98 Å². The minimum absolute atomic E-state index is 0.394. The van der Waals surface area contributed by atoms with Gasteiger partial charge in [-0.1, -0.05) is 15.9 Å². The predicted octanol–water partition coefficient (Wildman–Crippen LogP) is 5.90. The Kier molecular flexibility index (Phi) is 5.79. The van der Waals surface area contributed by atoms with Crippen LogP contribution in [0.5, 0.6) is 5.75 Å². The highest BCUT2D eigenvalue weighted by Gasteiger charge is 2.13. The van der Waals surface area contributed by atoms with Crippen molar-refractivity contribution in [3.63, 3.8) is 0 Å². The first-order valence-electron chi connectivity index (χ1n) is 8.35. The molecule has 2 aromatic carbocycles. The van der Waals surface area contributed by atoms with E-state index in [9.17, 15) is 4.79 Å². The molecule has 0 radical (unpaired) electrons. The fraction of sp³-hybridized carbons (Fsp3) is 0.0500. The molecule has 146 valence electrons. The van der Waals surface area contributed by atoms with Crippen LogP contribution in [-0.4, -0.2) is 18.3 Å². The standard InChI is InChI=1S/C20H13Br2N3O3S/c1-27-14-4-2-11(3-5-14)9-23-25-20-24-17(10-29-20)15-7-12-6-13(21)8-16(22)18(12)28-19(15)26/h2-10H,1H3,(H,24,25)/b23-9-. The van der Waals surface area contributed by atoms with Crippen molar-refractivity contribution >= 4 is 65.5 Å². The number of hydrogen-bond donors (Lipinski definition) is 1. The molecule has 0 atom stereocenters. The Bertz CT molecular complexity index is 1270. The van der Waals surface area contributed by atoms with Crippen LogP contribution in [0.3, 0.4) is 0 Å². The van der Waals surface area contributed by atoms with Gasteiger partial charge in [-0.3, -0.25) is 5.43 Å². The number of thiazole rings is 1. The number of methoxy groups -OCH3 is 1. The maximum atomic E-state index is 12.4. The van der Waals surface area contributed by atoms with Gasteiger partial charge in [0.1, 0.15) is 5.75 Å². The van der Waals surface area contributed by atoms with Gasteiger partial charge in [-0.25, -0.2) is 9.78 Å². The minimum Gasteiger partial charge on any atom is -0.497 e. The Balaban J connectivity index is 1.56. The summed E-state index contributed by atoms with van der Waals surface area (Å²) in [5.41, 5.74) is 4.78. The van der Waals surface area contributed by atoms with E-state index in [2.05, 4.69) is 47.4 Å². The molecule has 4 aromatic rings. The largest absolute Gasteiger partial charge is 0.497 e. The van der Waals surface area contributed by atoms with E-state index in [1.165, 1.54) is 11.3 Å². The molecule has 0 aliphatic rings. The van der Waals surface area contributed by atoms with Crippen molar-refractivity contribution in [3.8, 4) is 17.0 Å². The van der Waals surface area contributed by atoms with Crippen LogP contribution >= 0.6 is 43.2 Å². The highest BCUT2D eigenvalue weighted by atomic mass is 79.9. The van der Waals surface area contributed by atoms with Crippen LogP contribution in [0, 0.1) is 0 Å². The van der Waals surface area contributed by atoms with Gasteiger partial charge in [-0.05, 0) is 64.0 Å². The van der Waals surface area contributed by atoms with Gasteiger partial charge in [0, 0.05) is 15.2 Å². The summed E-state index contributed by atoms with van der Waals surface area (Å²) in [6.07, 6.45) is 1.68. The first-order chi connectivity index (χ1) is 14.0. The van der Waals surface area contributed by atoms with E-state index >= 15 is 0 Å². The molecule has 0 bridgehead atoms. The van der Waals surface area contributed by atoms with Crippen LogP contribution in [0.25, 0.3) is 22.2 Å². The lowest BCUT2D eigenvalue weighted by Gasteiger charge is -2.03. The van der Waals surface area contributed by atoms with Crippen molar-refractivity contribution in [2.24, 2.45) is 5.10 Å². The molecular weight excluding hydrogens is 522 g/mol. The molecule has 4 rings (SSSR count). The molecule has 1 N–H and O–H groups in total. The van der Waals surface area contributed by atoms with Crippen LogP contribution in [0.1, 0.15) is 5.56 Å². The van der Waals surface area contributed by atoms with Gasteiger partial charge in [0.25, 0.3) is 0 Å². The number of hydrogen-bond acceptors (Lipinski definition) is 7. The molecule has 0 spiro atoms. The van der Waals surface area contributed by atoms with Gasteiger partial charge < -0.3 is 9.15 Å². The zero-order valence-corrected chi connectivity index (χ0v) is 19.0. The van der Waals surface area contributed by atoms with E-state index in [4.69, 9.17) is 9.15 Å². The zero-order chi connectivity index (χ0) is 20.4. The zero-order valence-electron chi connectivity index (χ0n) is 15.0. The van der Waals surface area contributed by atoms with E-state index < -0.39 is 5.63 Å². The van der Waals surface area contributed by atoms with Gasteiger partial charge in [0.15, 0.2) is 5.58 Å².